The molecule has 0 atom stereocenters. The number of aromatic nitrogens is 2. The predicted molar refractivity (Wildman–Crippen MR) is 307 cm³/mol. The van der Waals surface area contributed by atoms with Crippen LogP contribution in [0.5, 0.6) is 0 Å². The van der Waals surface area contributed by atoms with Crippen molar-refractivity contribution in [3.8, 4) is 22.5 Å². The first-order chi connectivity index (χ1) is 35.7. The van der Waals surface area contributed by atoms with Gasteiger partial charge in [-0.1, -0.05) is 194 Å². The first-order valence-electron chi connectivity index (χ1n) is 24.9. The van der Waals surface area contributed by atoms with Crippen LogP contribution in [0, 0.1) is 0 Å². The van der Waals surface area contributed by atoms with E-state index in [4.69, 9.17) is 0 Å². The van der Waals surface area contributed by atoms with E-state index in [-0.39, 0.29) is 0 Å². The van der Waals surface area contributed by atoms with Gasteiger partial charge in [0.25, 0.3) is 0 Å². The summed E-state index contributed by atoms with van der Waals surface area (Å²) in [5.74, 6) is 0. The van der Waals surface area contributed by atoms with Gasteiger partial charge in [-0.25, -0.2) is 0 Å². The summed E-state index contributed by atoms with van der Waals surface area (Å²) < 4.78 is 4.86. The molecule has 0 saturated carbocycles. The van der Waals surface area contributed by atoms with Gasteiger partial charge in [-0.3, -0.25) is 0 Å². The highest BCUT2D eigenvalue weighted by Crippen LogP contribution is 2.43. The number of hydrogen-bond donors (Lipinski definition) is 0. The van der Waals surface area contributed by atoms with Gasteiger partial charge in [0.05, 0.1) is 22.1 Å². The fourth-order valence-electron chi connectivity index (χ4n) is 12.4. The average molecular weight is 932 g/mol. The third kappa shape index (κ3) is 5.90. The van der Waals surface area contributed by atoms with E-state index in [0.717, 1.165) is 11.4 Å². The number of nitrogens with zero attached hydrogens (tertiary/aromatic N) is 3. The van der Waals surface area contributed by atoms with Crippen LogP contribution in [0.1, 0.15) is 0 Å². The summed E-state index contributed by atoms with van der Waals surface area (Å²) in [5, 5.41) is 15.5. The minimum Gasteiger partial charge on any atom is -0.311 e. The molecule has 3 heterocycles. The molecule has 14 aromatic rings. The summed E-state index contributed by atoms with van der Waals surface area (Å²) >= 11 is 0. The zero-order valence-electron chi connectivity index (χ0n) is 39.3. The highest BCUT2D eigenvalue weighted by atomic mass is 28.3. The van der Waals surface area contributed by atoms with Crippen LogP contribution in [0.2, 0.25) is 0 Å². The van der Waals surface area contributed by atoms with Crippen LogP contribution in [0.4, 0.5) is 17.1 Å². The topological polar surface area (TPSA) is 13.1 Å². The molecule has 0 spiro atoms. The first-order valence-corrected chi connectivity index (χ1v) is 26.9. The second kappa shape index (κ2) is 15.9. The van der Waals surface area contributed by atoms with Crippen LogP contribution in [-0.4, -0.2) is 17.2 Å². The third-order valence-electron chi connectivity index (χ3n) is 15.5. The maximum absolute atomic E-state index is 2.92. The SMILES string of the molecule is c1ccc(-n2c3ccccc3c3c4ccc(-n5c6ccccc6c6cc(-c7ccc8c(c7)[Si](c7ccccc7)(c7ccccc7)c7ccccc7N8c7ccc8ccccc8c7)ccc65)cc4ccc32)cc1. The van der Waals surface area contributed by atoms with Crippen LogP contribution < -0.4 is 25.6 Å². The van der Waals surface area contributed by atoms with Gasteiger partial charge in [-0.05, 0) is 132 Å². The quantitative estimate of drug-likeness (QED) is 0.151. The lowest BCUT2D eigenvalue weighted by Gasteiger charge is -2.45. The summed E-state index contributed by atoms with van der Waals surface area (Å²) in [6.07, 6.45) is 0. The van der Waals surface area contributed by atoms with Crippen LogP contribution >= 0.6 is 0 Å². The lowest BCUT2D eigenvalue weighted by molar-refractivity contribution is 1.18. The van der Waals surface area contributed by atoms with Gasteiger partial charge < -0.3 is 14.0 Å². The maximum Gasteiger partial charge on any atom is 0.184 e. The van der Waals surface area contributed by atoms with Gasteiger partial charge in [0.15, 0.2) is 8.07 Å². The van der Waals surface area contributed by atoms with E-state index < -0.39 is 8.07 Å². The van der Waals surface area contributed by atoms with Crippen molar-refractivity contribution in [1.29, 1.82) is 0 Å². The number of fused-ring (bicyclic) bond motifs is 11. The van der Waals surface area contributed by atoms with Crippen molar-refractivity contribution >= 4 is 111 Å². The number of benzene rings is 12. The molecule has 4 heteroatoms. The fourth-order valence-corrected chi connectivity index (χ4v) is 17.6. The zero-order valence-corrected chi connectivity index (χ0v) is 40.3. The Morgan fingerprint density at radius 2 is 0.806 bits per heavy atom. The molecule has 0 aliphatic carbocycles. The molecule has 336 valence electrons. The molecule has 0 radical (unpaired) electrons. The summed E-state index contributed by atoms with van der Waals surface area (Å²) in [5.41, 5.74) is 13.2. The molecular formula is C68H45N3Si. The van der Waals surface area contributed by atoms with Gasteiger partial charge >= 0.3 is 0 Å². The third-order valence-corrected chi connectivity index (χ3v) is 20.3. The van der Waals surface area contributed by atoms with Crippen molar-refractivity contribution in [2.24, 2.45) is 0 Å². The predicted octanol–water partition coefficient (Wildman–Crippen LogP) is 15.0. The van der Waals surface area contributed by atoms with Crippen LogP contribution in [-0.2, 0) is 0 Å². The van der Waals surface area contributed by atoms with E-state index in [9.17, 15) is 0 Å². The van der Waals surface area contributed by atoms with Crippen molar-refractivity contribution in [2.75, 3.05) is 4.90 Å². The molecule has 1 aliphatic rings. The Labute approximate surface area is 418 Å². The summed E-state index contributed by atoms with van der Waals surface area (Å²) in [4.78, 5) is 2.52. The lowest BCUT2D eigenvalue weighted by Crippen LogP contribution is -2.77. The van der Waals surface area contributed by atoms with E-state index in [0.29, 0.717) is 0 Å². The number of rotatable bonds is 6. The van der Waals surface area contributed by atoms with Gasteiger partial charge in [0, 0.05) is 50.0 Å². The Hall–Kier alpha value is -9.22. The molecule has 0 amide bonds. The molecule has 0 saturated heterocycles. The Balaban J connectivity index is 0.928. The monoisotopic (exact) mass is 931 g/mol. The first kappa shape index (κ1) is 40.6. The largest absolute Gasteiger partial charge is 0.311 e. The second-order valence-corrected chi connectivity index (χ2v) is 23.0. The Kier molecular flexibility index (Phi) is 8.98. The summed E-state index contributed by atoms with van der Waals surface area (Å²) in [6.45, 7) is 0. The van der Waals surface area contributed by atoms with E-state index in [1.54, 1.807) is 0 Å². The molecule has 12 aromatic carbocycles. The van der Waals surface area contributed by atoms with Crippen molar-refractivity contribution in [2.45, 2.75) is 0 Å². The van der Waals surface area contributed by atoms with E-state index in [1.165, 1.54) is 114 Å². The van der Waals surface area contributed by atoms with Gasteiger partial charge in [-0.2, -0.15) is 0 Å². The minimum absolute atomic E-state index is 1.15. The summed E-state index contributed by atoms with van der Waals surface area (Å²) in [7, 11) is -2.92. The van der Waals surface area contributed by atoms with Crippen molar-refractivity contribution in [3.05, 3.63) is 273 Å². The average Bonchev–Trinajstić information content (AvgIpc) is 3.98. The molecule has 0 unspecified atom stereocenters. The summed E-state index contributed by atoms with van der Waals surface area (Å²) in [6, 6.07) is 102. The maximum atomic E-state index is 2.55. The Morgan fingerprint density at radius 3 is 1.60 bits per heavy atom. The molecule has 15 rings (SSSR count). The van der Waals surface area contributed by atoms with E-state index in [1.807, 2.05) is 0 Å². The standard InChI is InChI=1S/C68H45N3Si/c1-4-20-51(21-5-1)69-61-29-15-13-27-58(61)68-56-38-37-53(43-50(56)35-41-65(68)69)70-60-28-14-12-26-57(60)59-44-48(33-39-62(59)70)49-34-40-64-67(45-49)72(54-22-6-2-7-23-54,55-24-8-3-9-25-55)66-31-17-16-30-63(66)71(64)52-36-32-46-18-10-11-19-47(46)42-52/h1-45H. The molecule has 0 N–H and O–H groups in total. The fraction of sp³-hybridized carbons (Fsp3) is 0. The molecule has 0 bridgehead atoms. The van der Waals surface area contributed by atoms with Gasteiger partial charge in [0.2, 0.25) is 0 Å². The molecule has 3 nitrogen and oxygen atoms in total. The van der Waals surface area contributed by atoms with Crippen molar-refractivity contribution in [1.82, 2.24) is 9.13 Å². The molecule has 1 aliphatic heterocycles. The van der Waals surface area contributed by atoms with E-state index in [2.05, 4.69) is 287 Å². The number of anilines is 3. The highest BCUT2D eigenvalue weighted by molar-refractivity contribution is 7.21. The van der Waals surface area contributed by atoms with Gasteiger partial charge in [-0.15, -0.1) is 0 Å². The second-order valence-electron chi connectivity index (χ2n) is 19.2. The molecule has 72 heavy (non-hydrogen) atoms. The highest BCUT2D eigenvalue weighted by Gasteiger charge is 2.49. The van der Waals surface area contributed by atoms with Crippen molar-refractivity contribution < 1.29 is 0 Å². The lowest BCUT2D eigenvalue weighted by atomic mass is 10.0. The van der Waals surface area contributed by atoms with Gasteiger partial charge in [0.1, 0.15) is 0 Å². The molecule has 2 aromatic heterocycles. The van der Waals surface area contributed by atoms with Crippen LogP contribution in [0.15, 0.2) is 273 Å². The smallest absolute Gasteiger partial charge is 0.184 e. The van der Waals surface area contributed by atoms with Crippen LogP contribution in [0.25, 0.3) is 87.7 Å². The minimum atomic E-state index is -2.92. The van der Waals surface area contributed by atoms with E-state index >= 15 is 0 Å². The zero-order chi connectivity index (χ0) is 47.3. The van der Waals surface area contributed by atoms with Crippen molar-refractivity contribution in [3.63, 3.8) is 0 Å². The Bertz CT molecular complexity index is 4420. The Morgan fingerprint density at radius 1 is 0.264 bits per heavy atom. The molecular weight excluding hydrogens is 887 g/mol. The normalized spacial score (nSPS) is 13.1. The number of hydrogen-bond acceptors (Lipinski definition) is 1. The van der Waals surface area contributed by atoms with Crippen LogP contribution in [0.3, 0.4) is 0 Å². The molecule has 0 fully saturated rings. The number of para-hydroxylation sites is 4.